The number of amides is 1. The molecule has 7 nitrogen and oxygen atoms in total. The highest BCUT2D eigenvalue weighted by Gasteiger charge is 2.46. The molecule has 0 aromatic heterocycles. The largest absolute Gasteiger partial charge is 0.507 e. The quantitative estimate of drug-likeness (QED) is 0.374. The average Bonchev–Trinajstić information content (AvgIpc) is 3.11. The Morgan fingerprint density at radius 1 is 1.03 bits per heavy atom. The van der Waals surface area contributed by atoms with Crippen molar-refractivity contribution in [1.82, 2.24) is 9.80 Å². The van der Waals surface area contributed by atoms with Gasteiger partial charge in [0.25, 0.3) is 11.7 Å². The molecule has 2 aromatic carbocycles. The van der Waals surface area contributed by atoms with E-state index < -0.39 is 17.7 Å². The second-order valence-corrected chi connectivity index (χ2v) is 9.60. The van der Waals surface area contributed by atoms with Crippen LogP contribution in [-0.4, -0.2) is 80.1 Å². The molecule has 1 amide bonds. The number of morpholine rings is 1. The summed E-state index contributed by atoms with van der Waals surface area (Å²) < 4.78 is 5.42. The molecule has 0 radical (unpaired) electrons. The number of carbonyl (C=O) groups is 2. The normalized spacial score (nSPS) is 20.5. The Balaban J connectivity index is 1.71. The number of ketones is 1. The number of aliphatic hydroxyl groups is 1. The summed E-state index contributed by atoms with van der Waals surface area (Å²) in [5.74, 6) is -1.29. The van der Waals surface area contributed by atoms with Crippen molar-refractivity contribution in [3.8, 4) is 0 Å². The van der Waals surface area contributed by atoms with Gasteiger partial charge in [0.05, 0.1) is 24.8 Å². The smallest absolute Gasteiger partial charge is 0.295 e. The Labute approximate surface area is 207 Å². The zero-order valence-electron chi connectivity index (χ0n) is 21.1. The van der Waals surface area contributed by atoms with Crippen LogP contribution in [0.15, 0.2) is 48.0 Å². The number of anilines is 1. The van der Waals surface area contributed by atoms with E-state index in [4.69, 9.17) is 4.74 Å². The summed E-state index contributed by atoms with van der Waals surface area (Å²) in [5.41, 5.74) is 4.41. The molecule has 1 N–H and O–H groups in total. The minimum atomic E-state index is -0.629. The Morgan fingerprint density at radius 3 is 2.37 bits per heavy atom. The first-order valence-corrected chi connectivity index (χ1v) is 12.2. The lowest BCUT2D eigenvalue weighted by atomic mass is 9.93. The van der Waals surface area contributed by atoms with E-state index >= 15 is 0 Å². The summed E-state index contributed by atoms with van der Waals surface area (Å²) >= 11 is 0. The molecule has 7 heteroatoms. The molecule has 4 rings (SSSR count). The number of Topliss-reactive ketones (excluding diaryl/α,β-unsaturated/α-hetero) is 1. The van der Waals surface area contributed by atoms with Crippen LogP contribution in [0.4, 0.5) is 5.69 Å². The summed E-state index contributed by atoms with van der Waals surface area (Å²) in [7, 11) is 3.93. The zero-order valence-corrected chi connectivity index (χ0v) is 21.1. The Hall–Kier alpha value is -3.16. The van der Waals surface area contributed by atoms with Crippen LogP contribution in [0.1, 0.15) is 34.7 Å². The molecular formula is C28H35N3O4. The summed E-state index contributed by atoms with van der Waals surface area (Å²) in [6, 6.07) is 13.0. The molecule has 2 saturated heterocycles. The SMILES string of the molecule is Cc1ccc(C)c(/C(O)=C2\C(=O)C(=O)N(CCCN3CCOCC3)C2c2ccc(N(C)C)cc2)c1. The molecule has 35 heavy (non-hydrogen) atoms. The van der Waals surface area contributed by atoms with Gasteiger partial charge in [0.2, 0.25) is 0 Å². The number of rotatable bonds is 7. The molecule has 2 fully saturated rings. The van der Waals surface area contributed by atoms with Crippen molar-refractivity contribution in [3.05, 3.63) is 70.3 Å². The molecule has 2 aliphatic rings. The minimum Gasteiger partial charge on any atom is -0.507 e. The predicted molar refractivity (Wildman–Crippen MR) is 138 cm³/mol. The van der Waals surface area contributed by atoms with Gasteiger partial charge in [-0.25, -0.2) is 0 Å². The molecule has 1 unspecified atom stereocenters. The first-order chi connectivity index (χ1) is 16.8. The third-order valence-corrected chi connectivity index (χ3v) is 6.89. The molecule has 2 aliphatic heterocycles. The number of aryl methyl sites for hydroxylation is 2. The lowest BCUT2D eigenvalue weighted by Gasteiger charge is -2.29. The van der Waals surface area contributed by atoms with E-state index in [0.717, 1.165) is 61.6 Å². The van der Waals surface area contributed by atoms with E-state index in [1.165, 1.54) is 0 Å². The maximum absolute atomic E-state index is 13.3. The average molecular weight is 478 g/mol. The third kappa shape index (κ3) is 5.26. The lowest BCUT2D eigenvalue weighted by molar-refractivity contribution is -0.140. The second-order valence-electron chi connectivity index (χ2n) is 9.60. The highest BCUT2D eigenvalue weighted by molar-refractivity contribution is 6.46. The molecule has 0 saturated carbocycles. The van der Waals surface area contributed by atoms with Crippen LogP contribution in [0.2, 0.25) is 0 Å². The Bertz CT molecular complexity index is 1120. The van der Waals surface area contributed by atoms with Crippen molar-refractivity contribution in [3.63, 3.8) is 0 Å². The van der Waals surface area contributed by atoms with Gasteiger partial charge in [-0.3, -0.25) is 14.5 Å². The fraction of sp³-hybridized carbons (Fsp3) is 0.429. The highest BCUT2D eigenvalue weighted by Crippen LogP contribution is 2.40. The van der Waals surface area contributed by atoms with E-state index in [1.54, 1.807) is 4.90 Å². The van der Waals surface area contributed by atoms with Crippen LogP contribution >= 0.6 is 0 Å². The van der Waals surface area contributed by atoms with Crippen LogP contribution in [0.3, 0.4) is 0 Å². The molecule has 2 aromatic rings. The number of carbonyl (C=O) groups excluding carboxylic acids is 2. The van der Waals surface area contributed by atoms with Gasteiger partial charge >= 0.3 is 0 Å². The van der Waals surface area contributed by atoms with Crippen LogP contribution in [0, 0.1) is 13.8 Å². The highest BCUT2D eigenvalue weighted by atomic mass is 16.5. The van der Waals surface area contributed by atoms with E-state index in [2.05, 4.69) is 4.90 Å². The van der Waals surface area contributed by atoms with Gasteiger partial charge in [-0.2, -0.15) is 0 Å². The number of likely N-dealkylation sites (tertiary alicyclic amines) is 1. The molecule has 186 valence electrons. The molecule has 1 atom stereocenters. The number of nitrogens with zero attached hydrogens (tertiary/aromatic N) is 3. The van der Waals surface area contributed by atoms with Crippen molar-refractivity contribution < 1.29 is 19.4 Å². The van der Waals surface area contributed by atoms with Gasteiger partial charge < -0.3 is 19.6 Å². The molecule has 0 aliphatic carbocycles. The fourth-order valence-corrected chi connectivity index (χ4v) is 4.84. The van der Waals surface area contributed by atoms with Crippen molar-refractivity contribution in [1.29, 1.82) is 0 Å². The van der Waals surface area contributed by atoms with Crippen molar-refractivity contribution >= 4 is 23.1 Å². The number of benzene rings is 2. The van der Waals surface area contributed by atoms with Gasteiger partial charge in [-0.15, -0.1) is 0 Å². The van der Waals surface area contributed by atoms with Crippen LogP contribution < -0.4 is 4.90 Å². The Morgan fingerprint density at radius 2 is 1.71 bits per heavy atom. The number of hydrogen-bond acceptors (Lipinski definition) is 6. The third-order valence-electron chi connectivity index (χ3n) is 6.89. The monoisotopic (exact) mass is 477 g/mol. The van der Waals surface area contributed by atoms with Crippen molar-refractivity contribution in [2.45, 2.75) is 26.3 Å². The zero-order chi connectivity index (χ0) is 25.1. The van der Waals surface area contributed by atoms with Crippen LogP contribution in [0.25, 0.3) is 5.76 Å². The van der Waals surface area contributed by atoms with Crippen LogP contribution in [-0.2, 0) is 14.3 Å². The summed E-state index contributed by atoms with van der Waals surface area (Å²) in [6.07, 6.45) is 0.739. The molecular weight excluding hydrogens is 442 g/mol. The minimum absolute atomic E-state index is 0.109. The second kappa shape index (κ2) is 10.6. The maximum Gasteiger partial charge on any atom is 0.295 e. The fourth-order valence-electron chi connectivity index (χ4n) is 4.84. The van der Waals surface area contributed by atoms with E-state index in [1.807, 2.05) is 75.3 Å². The first kappa shape index (κ1) is 24.9. The standard InChI is InChI=1S/C28H35N3O4/c1-19-6-7-20(2)23(18-19)26(32)24-25(21-8-10-22(11-9-21)29(3)4)31(28(34)27(24)33)13-5-12-30-14-16-35-17-15-30/h6-11,18,25,32H,5,12-17H2,1-4H3/b26-24+. The molecule has 2 heterocycles. The summed E-state index contributed by atoms with van der Waals surface area (Å²) in [5, 5.41) is 11.4. The lowest BCUT2D eigenvalue weighted by Crippen LogP contribution is -2.38. The van der Waals surface area contributed by atoms with Gasteiger partial charge in [-0.05, 0) is 49.6 Å². The number of hydrogen-bond donors (Lipinski definition) is 1. The summed E-state index contributed by atoms with van der Waals surface area (Å²) in [6.45, 7) is 8.30. The molecule has 0 bridgehead atoms. The Kier molecular flexibility index (Phi) is 7.57. The van der Waals surface area contributed by atoms with E-state index in [9.17, 15) is 14.7 Å². The van der Waals surface area contributed by atoms with E-state index in [-0.39, 0.29) is 11.3 Å². The maximum atomic E-state index is 13.3. The van der Waals surface area contributed by atoms with Gasteiger partial charge in [-0.1, -0.05) is 29.8 Å². The van der Waals surface area contributed by atoms with Crippen LogP contribution in [0.5, 0.6) is 0 Å². The predicted octanol–water partition coefficient (Wildman–Crippen LogP) is 3.51. The number of ether oxygens (including phenoxy) is 1. The topological polar surface area (TPSA) is 73.3 Å². The first-order valence-electron chi connectivity index (χ1n) is 12.2. The summed E-state index contributed by atoms with van der Waals surface area (Å²) in [4.78, 5) is 32.5. The van der Waals surface area contributed by atoms with Crippen molar-refractivity contribution in [2.75, 3.05) is 58.4 Å². The van der Waals surface area contributed by atoms with Gasteiger partial charge in [0.15, 0.2) is 0 Å². The van der Waals surface area contributed by atoms with Gasteiger partial charge in [0, 0.05) is 51.5 Å². The molecule has 0 spiro atoms. The van der Waals surface area contributed by atoms with Crippen molar-refractivity contribution in [2.24, 2.45) is 0 Å². The number of aliphatic hydroxyl groups excluding tert-OH is 1. The van der Waals surface area contributed by atoms with Gasteiger partial charge in [0.1, 0.15) is 5.76 Å². The van der Waals surface area contributed by atoms with E-state index in [0.29, 0.717) is 12.1 Å².